The molecule has 0 fully saturated rings. The molecule has 0 aliphatic rings. The van der Waals surface area contributed by atoms with Gasteiger partial charge in [0, 0.05) is 30.9 Å². The van der Waals surface area contributed by atoms with Gasteiger partial charge in [-0.2, -0.15) is 5.10 Å². The average molecular weight is 410 g/mol. The number of aromatic nitrogens is 3. The van der Waals surface area contributed by atoms with Crippen molar-refractivity contribution in [2.75, 3.05) is 26.1 Å². The molecule has 7 nitrogen and oxygen atoms in total. The lowest BCUT2D eigenvalue weighted by atomic mass is 10.0. The van der Waals surface area contributed by atoms with Gasteiger partial charge in [-0.25, -0.2) is 4.68 Å². The van der Waals surface area contributed by atoms with Crippen molar-refractivity contribution in [1.29, 1.82) is 0 Å². The summed E-state index contributed by atoms with van der Waals surface area (Å²) >= 11 is 6.46. The van der Waals surface area contributed by atoms with Gasteiger partial charge in [0.2, 0.25) is 0 Å². The Morgan fingerprint density at radius 1 is 1.21 bits per heavy atom. The second kappa shape index (κ2) is 7.18. The molecule has 4 aromatic rings. The predicted molar refractivity (Wildman–Crippen MR) is 112 cm³/mol. The highest BCUT2D eigenvalue weighted by molar-refractivity contribution is 6.34. The van der Waals surface area contributed by atoms with Crippen LogP contribution in [0.1, 0.15) is 0 Å². The zero-order valence-electron chi connectivity index (χ0n) is 16.1. The molecule has 4 rings (SSSR count). The maximum absolute atomic E-state index is 13.1. The monoisotopic (exact) mass is 409 g/mol. The van der Waals surface area contributed by atoms with E-state index < -0.39 is 11.3 Å². The highest BCUT2D eigenvalue weighted by Gasteiger charge is 2.13. The van der Waals surface area contributed by atoms with Crippen molar-refractivity contribution in [3.8, 4) is 28.3 Å². The molecule has 2 aromatic carbocycles. The molecular weight excluding hydrogens is 392 g/mol. The number of H-pyrrole nitrogens is 1. The van der Waals surface area contributed by atoms with Crippen molar-refractivity contribution in [3.63, 3.8) is 0 Å². The number of benzene rings is 2. The van der Waals surface area contributed by atoms with Gasteiger partial charge >= 0.3 is 0 Å². The lowest BCUT2D eigenvalue weighted by molar-refractivity contribution is -0.265. The summed E-state index contributed by atoms with van der Waals surface area (Å²) in [6.07, 6.45) is 2.91. The molecule has 2 aromatic heterocycles. The first-order chi connectivity index (χ1) is 13.9. The van der Waals surface area contributed by atoms with Crippen LogP contribution in [0.3, 0.4) is 0 Å². The van der Waals surface area contributed by atoms with Crippen molar-refractivity contribution in [2.45, 2.75) is 0 Å². The van der Waals surface area contributed by atoms with E-state index in [1.807, 2.05) is 43.3 Å². The summed E-state index contributed by atoms with van der Waals surface area (Å²) in [6, 6.07) is 11.1. The molecule has 0 saturated carbocycles. The SMILES string of the molecule is COc1cnn(-c2c([O-])c3cc(-c4ccc(N(C)C)cc4)c(Cl)cc3[nH]c2=O)c1. The van der Waals surface area contributed by atoms with Crippen LogP contribution in [0.4, 0.5) is 5.69 Å². The minimum atomic E-state index is -0.549. The lowest BCUT2D eigenvalue weighted by Gasteiger charge is -2.18. The maximum Gasteiger partial charge on any atom is 0.273 e. The van der Waals surface area contributed by atoms with Gasteiger partial charge in [-0.3, -0.25) is 4.79 Å². The fraction of sp³-hybridized carbons (Fsp3) is 0.143. The first-order valence-electron chi connectivity index (χ1n) is 8.82. The van der Waals surface area contributed by atoms with Gasteiger partial charge < -0.3 is 19.7 Å². The Kier molecular flexibility index (Phi) is 4.68. The van der Waals surface area contributed by atoms with Crippen LogP contribution >= 0.6 is 11.6 Å². The Labute approximate surface area is 171 Å². The molecule has 0 aliphatic carbocycles. The number of aromatic amines is 1. The smallest absolute Gasteiger partial charge is 0.273 e. The van der Waals surface area contributed by atoms with E-state index in [1.165, 1.54) is 24.2 Å². The fourth-order valence-corrected chi connectivity index (χ4v) is 3.45. The number of nitrogens with one attached hydrogen (secondary N) is 1. The Hall–Kier alpha value is -3.45. The third kappa shape index (κ3) is 3.30. The molecule has 0 aliphatic heterocycles. The number of pyridine rings is 1. The summed E-state index contributed by atoms with van der Waals surface area (Å²) in [5.74, 6) is 0.0130. The number of rotatable bonds is 4. The van der Waals surface area contributed by atoms with Crippen LogP contribution in [0.5, 0.6) is 11.5 Å². The molecular formula is C21H18ClN4O3-. The minimum Gasteiger partial charge on any atom is -0.870 e. The molecule has 148 valence electrons. The van der Waals surface area contributed by atoms with Crippen LogP contribution < -0.4 is 20.3 Å². The lowest BCUT2D eigenvalue weighted by Crippen LogP contribution is -2.18. The summed E-state index contributed by atoms with van der Waals surface area (Å²) in [7, 11) is 5.41. The summed E-state index contributed by atoms with van der Waals surface area (Å²) in [4.78, 5) is 17.2. The zero-order valence-corrected chi connectivity index (χ0v) is 16.8. The van der Waals surface area contributed by atoms with E-state index in [4.69, 9.17) is 16.3 Å². The number of methoxy groups -OCH3 is 1. The van der Waals surface area contributed by atoms with E-state index >= 15 is 0 Å². The average Bonchev–Trinajstić information content (AvgIpc) is 3.16. The van der Waals surface area contributed by atoms with Crippen LogP contribution in [-0.2, 0) is 0 Å². The van der Waals surface area contributed by atoms with Crippen LogP contribution in [0.25, 0.3) is 27.7 Å². The fourth-order valence-electron chi connectivity index (χ4n) is 3.18. The number of hydrogen-bond acceptors (Lipinski definition) is 5. The van der Waals surface area contributed by atoms with E-state index in [0.29, 0.717) is 27.2 Å². The van der Waals surface area contributed by atoms with Gasteiger partial charge in [-0.1, -0.05) is 29.5 Å². The van der Waals surface area contributed by atoms with E-state index in [2.05, 4.69) is 10.1 Å². The van der Waals surface area contributed by atoms with Crippen molar-refractivity contribution < 1.29 is 9.84 Å². The zero-order chi connectivity index (χ0) is 20.7. The first kappa shape index (κ1) is 18.9. The summed E-state index contributed by atoms with van der Waals surface area (Å²) in [5, 5.41) is 18.0. The molecule has 0 atom stereocenters. The summed E-state index contributed by atoms with van der Waals surface area (Å²) < 4.78 is 6.31. The minimum absolute atomic E-state index is 0.1000. The number of fused-ring (bicyclic) bond motifs is 1. The van der Waals surface area contributed by atoms with Crippen LogP contribution in [0, 0.1) is 0 Å². The van der Waals surface area contributed by atoms with Gasteiger partial charge in [-0.15, -0.1) is 0 Å². The third-order valence-corrected chi connectivity index (χ3v) is 5.06. The second-order valence-corrected chi connectivity index (χ2v) is 7.18. The quantitative estimate of drug-likeness (QED) is 0.559. The Bertz CT molecular complexity index is 1260. The number of nitrogens with zero attached hydrogens (tertiary/aromatic N) is 3. The molecule has 0 saturated heterocycles. The van der Waals surface area contributed by atoms with Crippen molar-refractivity contribution in [1.82, 2.24) is 14.8 Å². The summed E-state index contributed by atoms with van der Waals surface area (Å²) in [5.41, 5.74) is 2.36. The topological polar surface area (TPSA) is 86.2 Å². The van der Waals surface area contributed by atoms with Gasteiger partial charge in [0.1, 0.15) is 5.69 Å². The largest absolute Gasteiger partial charge is 0.870 e. The van der Waals surface area contributed by atoms with Crippen LogP contribution in [0.15, 0.2) is 53.6 Å². The number of ether oxygens (including phenoxy) is 1. The van der Waals surface area contributed by atoms with Crippen molar-refractivity contribution in [2.24, 2.45) is 0 Å². The van der Waals surface area contributed by atoms with Crippen LogP contribution in [-0.4, -0.2) is 36.0 Å². The predicted octanol–water partition coefficient (Wildman–Crippen LogP) is 3.18. The highest BCUT2D eigenvalue weighted by atomic mass is 35.5. The molecule has 2 heterocycles. The maximum atomic E-state index is 13.1. The van der Waals surface area contributed by atoms with Gasteiger partial charge in [0.05, 0.1) is 24.5 Å². The van der Waals surface area contributed by atoms with E-state index in [0.717, 1.165) is 11.3 Å². The van der Waals surface area contributed by atoms with Crippen LogP contribution in [0.2, 0.25) is 5.02 Å². The van der Waals surface area contributed by atoms with Crippen molar-refractivity contribution in [3.05, 3.63) is 64.2 Å². The standard InChI is InChI=1S/C21H19ClN4O3/c1-25(2)13-6-4-12(5-7-13)15-8-16-18(9-17(15)22)24-21(28)19(20(16)27)26-11-14(29-3)10-23-26/h4-11H,1-3H3,(H2,24,27,28)/p-1. The van der Waals surface area contributed by atoms with E-state index in [-0.39, 0.29) is 5.69 Å². The molecule has 0 spiro atoms. The Morgan fingerprint density at radius 2 is 1.93 bits per heavy atom. The van der Waals surface area contributed by atoms with Crippen molar-refractivity contribution >= 4 is 28.2 Å². The molecule has 0 radical (unpaired) electrons. The molecule has 8 heteroatoms. The van der Waals surface area contributed by atoms with E-state index in [1.54, 1.807) is 12.1 Å². The summed E-state index contributed by atoms with van der Waals surface area (Å²) in [6.45, 7) is 0. The molecule has 0 bridgehead atoms. The number of anilines is 1. The number of halogens is 1. The van der Waals surface area contributed by atoms with Gasteiger partial charge in [0.15, 0.2) is 5.75 Å². The second-order valence-electron chi connectivity index (χ2n) is 6.78. The third-order valence-electron chi connectivity index (χ3n) is 4.75. The molecule has 1 N–H and O–H groups in total. The molecule has 0 unspecified atom stereocenters. The normalized spacial score (nSPS) is 11.0. The van der Waals surface area contributed by atoms with E-state index in [9.17, 15) is 9.90 Å². The number of hydrogen-bond donors (Lipinski definition) is 1. The highest BCUT2D eigenvalue weighted by Crippen LogP contribution is 2.35. The Morgan fingerprint density at radius 3 is 2.55 bits per heavy atom. The molecule has 0 amide bonds. The Balaban J connectivity index is 1.90. The van der Waals surface area contributed by atoms with Gasteiger partial charge in [0.25, 0.3) is 5.56 Å². The molecule has 29 heavy (non-hydrogen) atoms. The van der Waals surface area contributed by atoms with Gasteiger partial charge in [-0.05, 0) is 35.2 Å². The first-order valence-corrected chi connectivity index (χ1v) is 9.20.